The molecule has 10 aliphatic rings. The van der Waals surface area contributed by atoms with Crippen LogP contribution in [0.25, 0.3) is 32.3 Å². The molecule has 4 aromatic rings. The van der Waals surface area contributed by atoms with Crippen LogP contribution in [0, 0.1) is 114 Å². The molecule has 0 aromatic carbocycles. The van der Waals surface area contributed by atoms with Crippen molar-refractivity contribution in [1.29, 1.82) is 0 Å². The van der Waals surface area contributed by atoms with E-state index in [1.807, 2.05) is 94.7 Å². The van der Waals surface area contributed by atoms with Gasteiger partial charge in [-0.1, -0.05) is 126 Å². The highest BCUT2D eigenvalue weighted by Crippen LogP contribution is 2.77. The molecular formula is C78H92N8O6. The first-order valence-corrected chi connectivity index (χ1v) is 33.9. The summed E-state index contributed by atoms with van der Waals surface area (Å²) < 4.78 is 3.34. The van der Waals surface area contributed by atoms with E-state index in [0.29, 0.717) is 11.4 Å². The van der Waals surface area contributed by atoms with Crippen molar-refractivity contribution in [3.63, 3.8) is 0 Å². The van der Waals surface area contributed by atoms with E-state index in [4.69, 9.17) is 13.1 Å². The van der Waals surface area contributed by atoms with E-state index < -0.39 is 32.5 Å². The van der Waals surface area contributed by atoms with Crippen LogP contribution in [-0.4, -0.2) is 64.0 Å². The third kappa shape index (κ3) is 8.64. The molecule has 14 atom stereocenters. The van der Waals surface area contributed by atoms with Gasteiger partial charge in [0.2, 0.25) is 23.2 Å². The van der Waals surface area contributed by atoms with Gasteiger partial charge in [0.1, 0.15) is 18.3 Å². The zero-order valence-electron chi connectivity index (χ0n) is 56.6. The standard InChI is InChI=1S/2C39H46N4O3/c1-34(2)13-15-39(33(46)43-22-27(42-23-43)24-10-9-17-41-21-24)16-14-38(7)31(25(39)19-34)28(44)18-30-36(5)20-26(40-8)32(45)35(3,4)29(36)11-12-37(30,38)6;1-34(2)14-16-39(33(46)43-22-27(42-23-43)25-11-9-10-18-41-25)17-15-38(7)31(24(39)20-34)28(44)19-30-36(5)21-26(40-8)32(45)35(3,4)29(36)12-13-37(30,38)6/h9-10,17-18,20-23,25,29,31H,11-16,19H2,1-7H3;9-11,18-19,21-24,29,31H,12-17,20H2,1-7H3. The van der Waals surface area contributed by atoms with Crippen LogP contribution < -0.4 is 0 Å². The number of pyridine rings is 2. The number of carbonyl (C=O) groups excluding carboxylic acids is 6. The molecule has 6 saturated carbocycles. The number of allylic oxidation sites excluding steroid dienone is 8. The zero-order valence-corrected chi connectivity index (χ0v) is 56.6. The Balaban J connectivity index is 0.000000168. The van der Waals surface area contributed by atoms with Crippen LogP contribution in [0.2, 0.25) is 0 Å². The zero-order chi connectivity index (χ0) is 66.2. The summed E-state index contributed by atoms with van der Waals surface area (Å²) >= 11 is 0. The van der Waals surface area contributed by atoms with Gasteiger partial charge in [-0.3, -0.25) is 38.3 Å². The lowest BCUT2D eigenvalue weighted by Gasteiger charge is -2.69. The Hall–Kier alpha value is -7.32. The summed E-state index contributed by atoms with van der Waals surface area (Å²) in [5, 5.41) is 0. The maximum atomic E-state index is 14.8. The molecule has 14 heteroatoms. The summed E-state index contributed by atoms with van der Waals surface area (Å²) in [7, 11) is 0. The van der Waals surface area contributed by atoms with Crippen LogP contribution in [0.15, 0.2) is 121 Å². The molecule has 0 radical (unpaired) electrons. The van der Waals surface area contributed by atoms with Gasteiger partial charge in [-0.25, -0.2) is 19.7 Å². The molecule has 0 spiro atoms. The van der Waals surface area contributed by atoms with Gasteiger partial charge in [0, 0.05) is 70.0 Å². The molecular weight excluding hydrogens is 1140 g/mol. The second-order valence-electron chi connectivity index (χ2n) is 34.2. The van der Waals surface area contributed by atoms with Crippen LogP contribution >= 0.6 is 0 Å². The molecule has 14 nitrogen and oxygen atoms in total. The molecule has 14 rings (SSSR count). The molecule has 14 unspecified atom stereocenters. The van der Waals surface area contributed by atoms with E-state index in [1.165, 1.54) is 0 Å². The Morgan fingerprint density at radius 2 is 0.957 bits per heavy atom. The molecule has 0 N–H and O–H groups in total. The molecule has 480 valence electrons. The molecule has 0 amide bonds. The molecule has 6 fully saturated rings. The first-order chi connectivity index (χ1) is 43.1. The van der Waals surface area contributed by atoms with Gasteiger partial charge in [-0.05, 0) is 182 Å². The van der Waals surface area contributed by atoms with Gasteiger partial charge in [0.15, 0.2) is 23.1 Å². The minimum Gasteiger partial charge on any atom is -0.307 e. The van der Waals surface area contributed by atoms with Crippen molar-refractivity contribution in [2.75, 3.05) is 0 Å². The number of rotatable bonds is 4. The quantitative estimate of drug-likeness (QED) is 0.179. The minimum atomic E-state index is -0.688. The van der Waals surface area contributed by atoms with E-state index in [-0.39, 0.29) is 114 Å². The van der Waals surface area contributed by atoms with Crippen LogP contribution in [0.4, 0.5) is 0 Å². The van der Waals surface area contributed by atoms with Crippen molar-refractivity contribution in [1.82, 2.24) is 29.1 Å². The molecule has 0 bridgehead atoms. The average Bonchev–Trinajstić information content (AvgIpc) is 0.688. The van der Waals surface area contributed by atoms with E-state index >= 15 is 0 Å². The van der Waals surface area contributed by atoms with E-state index in [9.17, 15) is 28.8 Å². The molecule has 4 heterocycles. The third-order valence-corrected chi connectivity index (χ3v) is 28.1. The number of imidazole rings is 2. The van der Waals surface area contributed by atoms with Crippen LogP contribution in [0.1, 0.15) is 196 Å². The monoisotopic (exact) mass is 1240 g/mol. The van der Waals surface area contributed by atoms with Crippen LogP contribution in [0.5, 0.6) is 0 Å². The second-order valence-corrected chi connectivity index (χ2v) is 34.2. The Labute approximate surface area is 543 Å². The average molecular weight is 1240 g/mol. The molecule has 0 saturated heterocycles. The maximum absolute atomic E-state index is 14.8. The molecule has 10 aliphatic carbocycles. The van der Waals surface area contributed by atoms with E-state index in [2.05, 4.69) is 98.9 Å². The van der Waals surface area contributed by atoms with Crippen LogP contribution in [0.3, 0.4) is 0 Å². The predicted molar refractivity (Wildman–Crippen MR) is 352 cm³/mol. The summed E-state index contributed by atoms with van der Waals surface area (Å²) in [6.07, 6.45) is 31.2. The fraction of sp³-hybridized carbons (Fsp3) is 0.590. The van der Waals surface area contributed by atoms with Gasteiger partial charge in [-0.15, -0.1) is 0 Å². The normalized spacial score (nSPS) is 39.0. The van der Waals surface area contributed by atoms with Crippen molar-refractivity contribution in [3.05, 3.63) is 144 Å². The second kappa shape index (κ2) is 20.6. The van der Waals surface area contributed by atoms with Crippen LogP contribution in [-0.2, 0) is 19.2 Å². The first kappa shape index (κ1) is 63.4. The van der Waals surface area contributed by atoms with E-state index in [1.54, 1.807) is 40.4 Å². The van der Waals surface area contributed by atoms with Crippen molar-refractivity contribution >= 4 is 34.9 Å². The Kier molecular flexibility index (Phi) is 14.2. The maximum Gasteiger partial charge on any atom is 0.238 e. The largest absolute Gasteiger partial charge is 0.307 e. The highest BCUT2D eigenvalue weighted by atomic mass is 16.2. The summed E-state index contributed by atoms with van der Waals surface area (Å²) in [6, 6.07) is 9.49. The topological polar surface area (TPSA) is 173 Å². The number of ketones is 4. The van der Waals surface area contributed by atoms with Gasteiger partial charge in [0.05, 0.1) is 35.4 Å². The summed E-state index contributed by atoms with van der Waals surface area (Å²) in [4.78, 5) is 111. The Morgan fingerprint density at radius 1 is 0.511 bits per heavy atom. The number of hydrogen-bond donors (Lipinski definition) is 0. The third-order valence-electron chi connectivity index (χ3n) is 28.1. The lowest BCUT2D eigenvalue weighted by atomic mass is 9.34. The SMILES string of the molecule is [C-]#[N+]C1=CC2(C)C3=CC(=O)C4C5CC(C)(C)CCC5(C(=O)n5cnc(-c6ccccn6)c5)CCC4(C)C3(C)CCC2C(C)(C)C1=O.[C-]#[N+]C1=CC2(C)C3=CC(=O)C4C5CC(C)(C)CCC5(C(=O)n5cnc(-c6cccnc6)c5)CCC4(C)C3(C)CCC2C(C)(C)C1=O. The highest BCUT2D eigenvalue weighted by molar-refractivity contribution is 6.04. The number of Topliss-reactive ketones (excluding diaryl/α,β-unsaturated/α-hetero) is 2. The van der Waals surface area contributed by atoms with E-state index in [0.717, 1.165) is 112 Å². The summed E-state index contributed by atoms with van der Waals surface area (Å²) in [5.74, 6) is -0.599. The number of fused-ring (bicyclic) bond motifs is 14. The van der Waals surface area contributed by atoms with Gasteiger partial charge < -0.3 is 9.59 Å². The number of hydrogen-bond acceptors (Lipinski definition) is 10. The fourth-order valence-electron chi connectivity index (χ4n) is 22.6. The first-order valence-electron chi connectivity index (χ1n) is 33.9. The highest BCUT2D eigenvalue weighted by Gasteiger charge is 2.73. The summed E-state index contributed by atoms with van der Waals surface area (Å²) in [6.45, 7) is 46.4. The van der Waals surface area contributed by atoms with Crippen molar-refractivity contribution in [3.8, 4) is 22.6 Å². The Morgan fingerprint density at radius 3 is 1.38 bits per heavy atom. The van der Waals surface area contributed by atoms with Crippen molar-refractivity contribution in [2.45, 2.75) is 187 Å². The van der Waals surface area contributed by atoms with Crippen molar-refractivity contribution in [2.24, 2.45) is 100 Å². The lowest BCUT2D eigenvalue weighted by Crippen LogP contribution is -2.66. The van der Waals surface area contributed by atoms with Crippen molar-refractivity contribution < 1.29 is 28.8 Å². The number of nitrogens with zero attached hydrogens (tertiary/aromatic N) is 8. The smallest absolute Gasteiger partial charge is 0.238 e. The number of aromatic nitrogens is 6. The molecule has 4 aromatic heterocycles. The summed E-state index contributed by atoms with van der Waals surface area (Å²) in [5.41, 5.74) is 0.398. The molecule has 92 heavy (non-hydrogen) atoms. The van der Waals surface area contributed by atoms with Gasteiger partial charge >= 0.3 is 0 Å². The molecule has 0 aliphatic heterocycles. The van der Waals surface area contributed by atoms with Gasteiger partial charge in [0.25, 0.3) is 0 Å². The minimum absolute atomic E-state index is 0.0105. The predicted octanol–water partition coefficient (Wildman–Crippen LogP) is 16.3. The Bertz CT molecular complexity index is 3810. The fourth-order valence-corrected chi connectivity index (χ4v) is 22.6. The lowest BCUT2D eigenvalue weighted by molar-refractivity contribution is -0.165. The van der Waals surface area contributed by atoms with Gasteiger partial charge in [-0.2, -0.15) is 0 Å². The number of carbonyl (C=O) groups is 6.